The van der Waals surface area contributed by atoms with Crippen LogP contribution in [0.15, 0.2) is 60.7 Å². The fourth-order valence-corrected chi connectivity index (χ4v) is 1.82. The zero-order valence-electron chi connectivity index (χ0n) is 10.6. The Balaban J connectivity index is 1.59. The number of hydrogen-bond donors (Lipinski definition) is 0. The second kappa shape index (κ2) is 5.87. The van der Waals surface area contributed by atoms with Crippen LogP contribution in [0, 0.1) is 0 Å². The van der Waals surface area contributed by atoms with E-state index in [1.807, 2.05) is 60.7 Å². The molecule has 2 unspecified atom stereocenters. The van der Waals surface area contributed by atoms with E-state index in [0.717, 1.165) is 11.3 Å². The summed E-state index contributed by atoms with van der Waals surface area (Å²) >= 11 is 0. The number of hydrogen-bond acceptors (Lipinski definition) is 3. The maximum absolute atomic E-state index is 5.81. The van der Waals surface area contributed by atoms with Gasteiger partial charge in [-0.05, 0) is 17.7 Å². The molecule has 2 aromatic carbocycles. The minimum atomic E-state index is -0.345. The second-order valence-corrected chi connectivity index (χ2v) is 4.47. The van der Waals surface area contributed by atoms with Crippen molar-refractivity contribution in [2.75, 3.05) is 6.61 Å². The van der Waals surface area contributed by atoms with E-state index in [1.54, 1.807) is 0 Å². The van der Waals surface area contributed by atoms with Crippen molar-refractivity contribution < 1.29 is 14.2 Å². The molecule has 1 fully saturated rings. The van der Waals surface area contributed by atoms with E-state index in [2.05, 4.69) is 0 Å². The van der Waals surface area contributed by atoms with E-state index >= 15 is 0 Å². The molecule has 0 radical (unpaired) electrons. The molecule has 3 heteroatoms. The molecular formula is C16H16O3. The number of para-hydroxylation sites is 1. The normalized spacial score (nSPS) is 18.8. The Morgan fingerprint density at radius 2 is 1.63 bits per heavy atom. The third-order valence-electron chi connectivity index (χ3n) is 2.92. The minimum Gasteiger partial charge on any atom is -0.462 e. The summed E-state index contributed by atoms with van der Waals surface area (Å²) in [6.45, 7) is 1.23. The lowest BCUT2D eigenvalue weighted by Crippen LogP contribution is -2.26. The molecule has 98 valence electrons. The van der Waals surface area contributed by atoms with Crippen molar-refractivity contribution in [2.45, 2.75) is 19.0 Å². The van der Waals surface area contributed by atoms with Crippen LogP contribution in [0.25, 0.3) is 0 Å². The second-order valence-electron chi connectivity index (χ2n) is 4.47. The molecule has 0 spiro atoms. The van der Waals surface area contributed by atoms with Gasteiger partial charge >= 0.3 is 0 Å². The highest BCUT2D eigenvalue weighted by atomic mass is 16.7. The summed E-state index contributed by atoms with van der Waals surface area (Å²) < 4.78 is 16.9. The highest BCUT2D eigenvalue weighted by Gasteiger charge is 2.35. The average molecular weight is 256 g/mol. The molecule has 0 amide bonds. The first-order valence-corrected chi connectivity index (χ1v) is 6.41. The van der Waals surface area contributed by atoms with Crippen molar-refractivity contribution >= 4 is 0 Å². The van der Waals surface area contributed by atoms with Crippen molar-refractivity contribution in [2.24, 2.45) is 0 Å². The van der Waals surface area contributed by atoms with E-state index < -0.39 is 0 Å². The molecular weight excluding hydrogens is 240 g/mol. The lowest BCUT2D eigenvalue weighted by molar-refractivity contribution is -0.103. The molecule has 0 N–H and O–H groups in total. The maximum atomic E-state index is 5.81. The highest BCUT2D eigenvalue weighted by molar-refractivity contribution is 5.21. The van der Waals surface area contributed by atoms with Crippen LogP contribution >= 0.6 is 0 Å². The summed E-state index contributed by atoms with van der Waals surface area (Å²) in [6, 6.07) is 19.7. The Kier molecular flexibility index (Phi) is 3.77. The average Bonchev–Trinajstić information content (AvgIpc) is 3.30. The van der Waals surface area contributed by atoms with Crippen LogP contribution in [0.1, 0.15) is 5.56 Å². The van der Waals surface area contributed by atoms with E-state index in [9.17, 15) is 0 Å². The highest BCUT2D eigenvalue weighted by Crippen LogP contribution is 2.22. The summed E-state index contributed by atoms with van der Waals surface area (Å²) in [5.74, 6) is 0.802. The van der Waals surface area contributed by atoms with Gasteiger partial charge in [-0.2, -0.15) is 0 Å². The Morgan fingerprint density at radius 1 is 1.00 bits per heavy atom. The molecule has 0 bridgehead atoms. The van der Waals surface area contributed by atoms with Gasteiger partial charge in [-0.1, -0.05) is 48.5 Å². The largest absolute Gasteiger partial charge is 0.462 e. The van der Waals surface area contributed by atoms with Crippen molar-refractivity contribution in [1.29, 1.82) is 0 Å². The third kappa shape index (κ3) is 3.56. The number of rotatable bonds is 6. The summed E-state index contributed by atoms with van der Waals surface area (Å²) in [5, 5.41) is 0. The van der Waals surface area contributed by atoms with Crippen LogP contribution in [0.4, 0.5) is 0 Å². The van der Waals surface area contributed by atoms with Crippen LogP contribution in [-0.2, 0) is 16.1 Å². The van der Waals surface area contributed by atoms with Crippen molar-refractivity contribution in [3.63, 3.8) is 0 Å². The first-order valence-electron chi connectivity index (χ1n) is 6.41. The molecule has 1 heterocycles. The molecule has 3 nitrogen and oxygen atoms in total. The maximum Gasteiger partial charge on any atom is 0.228 e. The zero-order chi connectivity index (χ0) is 12.9. The van der Waals surface area contributed by atoms with Crippen LogP contribution in [-0.4, -0.2) is 19.0 Å². The molecule has 1 aliphatic rings. The first-order chi connectivity index (χ1) is 9.42. The molecule has 2 atom stereocenters. The molecule has 2 aromatic rings. The van der Waals surface area contributed by atoms with Crippen LogP contribution in [0.5, 0.6) is 5.75 Å². The lowest BCUT2D eigenvalue weighted by atomic mass is 10.2. The van der Waals surface area contributed by atoms with Crippen LogP contribution < -0.4 is 4.74 Å². The molecule has 0 saturated carbocycles. The summed E-state index contributed by atoms with van der Waals surface area (Å²) in [4.78, 5) is 0. The predicted octanol–water partition coefficient (Wildman–Crippen LogP) is 3.01. The zero-order valence-corrected chi connectivity index (χ0v) is 10.6. The third-order valence-corrected chi connectivity index (χ3v) is 2.92. The van der Waals surface area contributed by atoms with Gasteiger partial charge in [0.1, 0.15) is 11.9 Å². The van der Waals surface area contributed by atoms with Gasteiger partial charge in [-0.15, -0.1) is 0 Å². The Bertz CT molecular complexity index is 494. The molecule has 3 rings (SSSR count). The molecule has 1 saturated heterocycles. The Labute approximate surface area is 112 Å². The predicted molar refractivity (Wildman–Crippen MR) is 71.8 cm³/mol. The number of ether oxygens (including phenoxy) is 3. The van der Waals surface area contributed by atoms with Gasteiger partial charge in [-0.25, -0.2) is 0 Å². The minimum absolute atomic E-state index is 0.0453. The van der Waals surface area contributed by atoms with E-state index in [-0.39, 0.29) is 12.4 Å². The molecule has 0 aromatic heterocycles. The van der Waals surface area contributed by atoms with Crippen molar-refractivity contribution in [1.82, 2.24) is 0 Å². The van der Waals surface area contributed by atoms with Crippen molar-refractivity contribution in [3.8, 4) is 5.75 Å². The number of epoxide rings is 1. The summed E-state index contributed by atoms with van der Waals surface area (Å²) in [7, 11) is 0. The Hall–Kier alpha value is -1.84. The molecule has 0 aliphatic carbocycles. The van der Waals surface area contributed by atoms with E-state index in [4.69, 9.17) is 14.2 Å². The Morgan fingerprint density at radius 3 is 2.26 bits per heavy atom. The topological polar surface area (TPSA) is 31.0 Å². The van der Waals surface area contributed by atoms with Gasteiger partial charge in [0.05, 0.1) is 13.2 Å². The van der Waals surface area contributed by atoms with Crippen molar-refractivity contribution in [3.05, 3.63) is 66.2 Å². The molecule has 19 heavy (non-hydrogen) atoms. The SMILES string of the molecule is c1ccc(COC(Oc2ccccc2)C2CO2)cc1. The monoisotopic (exact) mass is 256 g/mol. The lowest BCUT2D eigenvalue weighted by Gasteiger charge is -2.17. The smallest absolute Gasteiger partial charge is 0.228 e. The van der Waals surface area contributed by atoms with E-state index in [0.29, 0.717) is 13.2 Å². The van der Waals surface area contributed by atoms with Gasteiger partial charge in [0.2, 0.25) is 6.29 Å². The quantitative estimate of drug-likeness (QED) is 0.588. The standard InChI is InChI=1S/C16H16O3/c1-3-7-13(8-4-1)11-18-16(15-12-17-15)19-14-9-5-2-6-10-14/h1-10,15-16H,11-12H2. The van der Waals surface area contributed by atoms with Crippen LogP contribution in [0.2, 0.25) is 0 Å². The van der Waals surface area contributed by atoms with E-state index in [1.165, 1.54) is 0 Å². The van der Waals surface area contributed by atoms with Gasteiger partial charge in [0, 0.05) is 0 Å². The fraction of sp³-hybridized carbons (Fsp3) is 0.250. The van der Waals surface area contributed by atoms with Gasteiger partial charge < -0.3 is 14.2 Å². The summed E-state index contributed by atoms with van der Waals surface area (Å²) in [6.07, 6.45) is -0.300. The first kappa shape index (κ1) is 12.2. The summed E-state index contributed by atoms with van der Waals surface area (Å²) in [5.41, 5.74) is 1.13. The fourth-order valence-electron chi connectivity index (χ4n) is 1.82. The van der Waals surface area contributed by atoms with Gasteiger partial charge in [0.25, 0.3) is 0 Å². The molecule has 1 aliphatic heterocycles. The van der Waals surface area contributed by atoms with Crippen LogP contribution in [0.3, 0.4) is 0 Å². The van der Waals surface area contributed by atoms with Gasteiger partial charge in [-0.3, -0.25) is 0 Å². The van der Waals surface area contributed by atoms with Gasteiger partial charge in [0.15, 0.2) is 0 Å². The number of benzene rings is 2.